The van der Waals surface area contributed by atoms with Crippen LogP contribution in [0.1, 0.15) is 16.1 Å². The summed E-state index contributed by atoms with van der Waals surface area (Å²) in [7, 11) is 0. The molecule has 0 aliphatic carbocycles. The normalized spacial score (nSPS) is 10.1. The van der Waals surface area contributed by atoms with Crippen LogP contribution in [-0.2, 0) is 11.2 Å². The first-order chi connectivity index (χ1) is 9.56. The van der Waals surface area contributed by atoms with Gasteiger partial charge in [0, 0.05) is 5.69 Å². The fourth-order valence-corrected chi connectivity index (χ4v) is 1.84. The summed E-state index contributed by atoms with van der Waals surface area (Å²) in [4.78, 5) is 26.7. The van der Waals surface area contributed by atoms with Gasteiger partial charge in [0.25, 0.3) is 5.91 Å². The van der Waals surface area contributed by atoms with Gasteiger partial charge in [0.05, 0.1) is 6.42 Å². The molecule has 1 amide bonds. The quantitative estimate of drug-likeness (QED) is 0.848. The molecule has 0 atom stereocenters. The predicted octanol–water partition coefficient (Wildman–Crippen LogP) is 2.61. The summed E-state index contributed by atoms with van der Waals surface area (Å²) < 4.78 is 0. The van der Waals surface area contributed by atoms with E-state index in [1.54, 1.807) is 36.4 Å². The Labute approximate surface area is 120 Å². The Morgan fingerprint density at radius 3 is 2.60 bits per heavy atom. The highest BCUT2D eigenvalue weighted by atomic mass is 35.5. The van der Waals surface area contributed by atoms with Crippen molar-refractivity contribution in [3.63, 3.8) is 0 Å². The van der Waals surface area contributed by atoms with E-state index in [1.165, 1.54) is 6.07 Å². The molecule has 2 rings (SSSR count). The maximum absolute atomic E-state index is 12.0. The molecule has 1 aromatic heterocycles. The van der Waals surface area contributed by atoms with Crippen LogP contribution in [0.3, 0.4) is 0 Å². The lowest BCUT2D eigenvalue weighted by molar-refractivity contribution is -0.136. The van der Waals surface area contributed by atoms with Crippen LogP contribution in [0.25, 0.3) is 0 Å². The molecule has 20 heavy (non-hydrogen) atoms. The molecule has 2 aromatic rings. The summed E-state index contributed by atoms with van der Waals surface area (Å²) in [5.41, 5.74) is 1.14. The number of amides is 1. The summed E-state index contributed by atoms with van der Waals surface area (Å²) in [6.07, 6.45) is -0.167. The van der Waals surface area contributed by atoms with Crippen LogP contribution in [-0.4, -0.2) is 22.0 Å². The number of carboxylic acids is 1. The molecule has 1 heterocycles. The van der Waals surface area contributed by atoms with Crippen molar-refractivity contribution in [2.45, 2.75) is 6.42 Å². The van der Waals surface area contributed by atoms with E-state index in [-0.39, 0.29) is 17.3 Å². The molecule has 0 aliphatic rings. The van der Waals surface area contributed by atoms with Gasteiger partial charge in [-0.25, -0.2) is 4.98 Å². The van der Waals surface area contributed by atoms with Crippen LogP contribution in [0, 0.1) is 0 Å². The molecule has 1 aromatic carbocycles. The number of nitrogens with zero attached hydrogens (tertiary/aromatic N) is 1. The van der Waals surface area contributed by atoms with Crippen molar-refractivity contribution in [3.8, 4) is 0 Å². The first kappa shape index (κ1) is 14.0. The van der Waals surface area contributed by atoms with Crippen molar-refractivity contribution >= 4 is 29.2 Å². The number of carbonyl (C=O) groups is 2. The van der Waals surface area contributed by atoms with Crippen LogP contribution in [0.5, 0.6) is 0 Å². The number of hydrogen-bond donors (Lipinski definition) is 2. The van der Waals surface area contributed by atoms with E-state index in [9.17, 15) is 9.59 Å². The Bertz CT molecular complexity index is 658. The van der Waals surface area contributed by atoms with Crippen molar-refractivity contribution in [2.75, 3.05) is 5.32 Å². The molecule has 2 N–H and O–H groups in total. The van der Waals surface area contributed by atoms with Gasteiger partial charge in [0.1, 0.15) is 10.8 Å². The standard InChI is InChI=1S/C14H11ClN2O3/c15-12-7-3-6-11(16-12)14(20)17-10-5-2-1-4-9(10)8-13(18)19/h1-7H,8H2,(H,17,20)(H,18,19). The van der Waals surface area contributed by atoms with Gasteiger partial charge >= 0.3 is 5.97 Å². The zero-order valence-electron chi connectivity index (χ0n) is 10.3. The van der Waals surface area contributed by atoms with Gasteiger partial charge in [0.15, 0.2) is 0 Å². The fraction of sp³-hybridized carbons (Fsp3) is 0.0714. The zero-order valence-corrected chi connectivity index (χ0v) is 11.1. The summed E-state index contributed by atoms with van der Waals surface area (Å²) in [6.45, 7) is 0. The molecular formula is C14H11ClN2O3. The van der Waals surface area contributed by atoms with Gasteiger partial charge in [-0.05, 0) is 23.8 Å². The highest BCUT2D eigenvalue weighted by molar-refractivity contribution is 6.29. The maximum Gasteiger partial charge on any atom is 0.307 e. The number of anilines is 1. The molecule has 0 radical (unpaired) electrons. The van der Waals surface area contributed by atoms with Crippen LogP contribution >= 0.6 is 11.6 Å². The van der Waals surface area contributed by atoms with Crippen LogP contribution in [0.15, 0.2) is 42.5 Å². The van der Waals surface area contributed by atoms with Crippen LogP contribution < -0.4 is 5.32 Å². The van der Waals surface area contributed by atoms with Crippen molar-refractivity contribution in [1.29, 1.82) is 0 Å². The topological polar surface area (TPSA) is 79.3 Å². The number of pyridine rings is 1. The van der Waals surface area contributed by atoms with Crippen LogP contribution in [0.4, 0.5) is 5.69 Å². The van der Waals surface area contributed by atoms with Gasteiger partial charge < -0.3 is 10.4 Å². The van der Waals surface area contributed by atoms with Crippen molar-refractivity contribution in [2.24, 2.45) is 0 Å². The third-order valence-electron chi connectivity index (χ3n) is 2.55. The molecule has 0 bridgehead atoms. The molecule has 0 saturated heterocycles. The summed E-state index contributed by atoms with van der Waals surface area (Å²) >= 11 is 5.72. The fourth-order valence-electron chi connectivity index (χ4n) is 1.68. The minimum absolute atomic E-state index is 0.167. The molecule has 6 heteroatoms. The number of hydrogen-bond acceptors (Lipinski definition) is 3. The van der Waals surface area contributed by atoms with Gasteiger partial charge in [-0.2, -0.15) is 0 Å². The predicted molar refractivity (Wildman–Crippen MR) is 75.0 cm³/mol. The molecule has 0 aliphatic heterocycles. The highest BCUT2D eigenvalue weighted by Crippen LogP contribution is 2.17. The smallest absolute Gasteiger partial charge is 0.307 e. The van der Waals surface area contributed by atoms with E-state index in [2.05, 4.69) is 10.3 Å². The van der Waals surface area contributed by atoms with Gasteiger partial charge in [-0.1, -0.05) is 35.9 Å². The number of aliphatic carboxylic acids is 1. The van der Waals surface area contributed by atoms with Crippen LogP contribution in [0.2, 0.25) is 5.15 Å². The lowest BCUT2D eigenvalue weighted by Crippen LogP contribution is -2.15. The zero-order chi connectivity index (χ0) is 14.5. The average molecular weight is 291 g/mol. The SMILES string of the molecule is O=C(O)Cc1ccccc1NC(=O)c1cccc(Cl)n1. The van der Waals surface area contributed by atoms with E-state index >= 15 is 0 Å². The van der Waals surface area contributed by atoms with E-state index in [1.807, 2.05) is 0 Å². The molecule has 0 unspecified atom stereocenters. The Kier molecular flexibility index (Phi) is 4.32. The summed E-state index contributed by atoms with van der Waals surface area (Å²) in [5, 5.41) is 11.7. The van der Waals surface area contributed by atoms with Crippen molar-refractivity contribution < 1.29 is 14.7 Å². The Balaban J connectivity index is 2.21. The number of benzene rings is 1. The molecule has 5 nitrogen and oxygen atoms in total. The minimum atomic E-state index is -0.965. The second-order valence-corrected chi connectivity index (χ2v) is 4.41. The number of carboxylic acid groups (broad SMARTS) is 1. The number of aromatic nitrogens is 1. The number of nitrogens with one attached hydrogen (secondary N) is 1. The molecule has 0 spiro atoms. The lowest BCUT2D eigenvalue weighted by Gasteiger charge is -2.09. The Hall–Kier alpha value is -2.40. The minimum Gasteiger partial charge on any atom is -0.481 e. The first-order valence-electron chi connectivity index (χ1n) is 5.80. The van der Waals surface area contributed by atoms with E-state index in [4.69, 9.17) is 16.7 Å². The third-order valence-corrected chi connectivity index (χ3v) is 2.77. The van der Waals surface area contributed by atoms with Crippen molar-refractivity contribution in [1.82, 2.24) is 4.98 Å². The number of rotatable bonds is 4. The summed E-state index contributed by atoms with van der Waals surface area (Å²) in [6, 6.07) is 11.4. The first-order valence-corrected chi connectivity index (χ1v) is 6.17. The monoisotopic (exact) mass is 290 g/mol. The van der Waals surface area contributed by atoms with Gasteiger partial charge in [-0.15, -0.1) is 0 Å². The van der Waals surface area contributed by atoms with E-state index in [0.717, 1.165) is 0 Å². The number of para-hydroxylation sites is 1. The van der Waals surface area contributed by atoms with E-state index in [0.29, 0.717) is 11.3 Å². The Morgan fingerprint density at radius 1 is 1.15 bits per heavy atom. The lowest BCUT2D eigenvalue weighted by atomic mass is 10.1. The molecule has 102 valence electrons. The second kappa shape index (κ2) is 6.16. The number of carbonyl (C=O) groups excluding carboxylic acids is 1. The summed E-state index contributed by atoms with van der Waals surface area (Å²) in [5.74, 6) is -1.40. The largest absolute Gasteiger partial charge is 0.481 e. The maximum atomic E-state index is 12.0. The molecular weight excluding hydrogens is 280 g/mol. The van der Waals surface area contributed by atoms with Gasteiger partial charge in [-0.3, -0.25) is 9.59 Å². The third kappa shape index (κ3) is 3.55. The molecule has 0 saturated carbocycles. The average Bonchev–Trinajstić information content (AvgIpc) is 2.40. The number of halogens is 1. The Morgan fingerprint density at radius 2 is 1.90 bits per heavy atom. The highest BCUT2D eigenvalue weighted by Gasteiger charge is 2.12. The van der Waals surface area contributed by atoms with E-state index < -0.39 is 11.9 Å². The van der Waals surface area contributed by atoms with Gasteiger partial charge in [0.2, 0.25) is 0 Å². The second-order valence-electron chi connectivity index (χ2n) is 4.03. The molecule has 0 fully saturated rings. The van der Waals surface area contributed by atoms with Crippen molar-refractivity contribution in [3.05, 3.63) is 58.9 Å².